The Labute approximate surface area is 473 Å². The smallest absolute Gasteiger partial charge is 0.306 e. The number of hydrogen-bond acceptors (Lipinski definition) is 10. The normalized spacial score (nSPS) is 19.2. The number of nitrogens with one attached hydrogen (secondary N) is 1. The Balaban J connectivity index is 2.59. The lowest BCUT2D eigenvalue weighted by molar-refractivity contribution is -0.305. The third-order valence-electron chi connectivity index (χ3n) is 15.5. The lowest BCUT2D eigenvalue weighted by Crippen LogP contribution is -2.61. The average Bonchev–Trinajstić information content (AvgIpc) is 3.43. The van der Waals surface area contributed by atoms with Crippen molar-refractivity contribution in [3.05, 3.63) is 36.5 Å². The van der Waals surface area contributed by atoms with Crippen LogP contribution in [0.2, 0.25) is 0 Å². The van der Waals surface area contributed by atoms with Gasteiger partial charge in [-0.15, -0.1) is 0 Å². The number of rotatable bonds is 56. The van der Waals surface area contributed by atoms with Gasteiger partial charge in [0.15, 0.2) is 12.4 Å². The van der Waals surface area contributed by atoms with Crippen LogP contribution in [0.3, 0.4) is 0 Å². The quantitative estimate of drug-likeness (QED) is 0.0195. The fourth-order valence-corrected chi connectivity index (χ4v) is 10.3. The Morgan fingerprint density at radius 3 is 1.35 bits per heavy atom. The van der Waals surface area contributed by atoms with E-state index in [1.54, 1.807) is 6.08 Å². The number of aliphatic hydroxyl groups excluding tert-OH is 5. The Morgan fingerprint density at radius 1 is 0.506 bits per heavy atom. The predicted octanol–water partition coefficient (Wildman–Crippen LogP) is 15.8. The lowest BCUT2D eigenvalue weighted by atomic mass is 9.99. The number of carbonyl (C=O) groups is 2. The molecule has 1 rings (SSSR count). The van der Waals surface area contributed by atoms with Crippen LogP contribution in [0.1, 0.15) is 310 Å². The van der Waals surface area contributed by atoms with Crippen LogP contribution in [0.4, 0.5) is 0 Å². The molecule has 1 amide bonds. The lowest BCUT2D eigenvalue weighted by Gasteiger charge is -2.41. The van der Waals surface area contributed by atoms with Gasteiger partial charge in [0.1, 0.15) is 24.4 Å². The fourth-order valence-electron chi connectivity index (χ4n) is 10.3. The van der Waals surface area contributed by atoms with Gasteiger partial charge in [-0.2, -0.15) is 0 Å². The van der Waals surface area contributed by atoms with Crippen molar-refractivity contribution in [2.24, 2.45) is 0 Å². The number of esters is 1. The Bertz CT molecular complexity index is 1390. The second kappa shape index (κ2) is 54.5. The highest BCUT2D eigenvalue weighted by Gasteiger charge is 2.47. The summed E-state index contributed by atoms with van der Waals surface area (Å²) >= 11 is 0. The molecular weight excluding hydrogens is 967 g/mol. The van der Waals surface area contributed by atoms with Gasteiger partial charge in [-0.3, -0.25) is 9.59 Å². The second-order valence-corrected chi connectivity index (χ2v) is 22.9. The van der Waals surface area contributed by atoms with Gasteiger partial charge >= 0.3 is 5.97 Å². The molecule has 6 N–H and O–H groups in total. The van der Waals surface area contributed by atoms with E-state index in [0.29, 0.717) is 19.3 Å². The molecule has 1 aliphatic heterocycles. The van der Waals surface area contributed by atoms with E-state index in [1.165, 1.54) is 199 Å². The summed E-state index contributed by atoms with van der Waals surface area (Å²) in [6.45, 7) is 5.78. The number of ether oxygens (including phenoxy) is 3. The van der Waals surface area contributed by atoms with Crippen molar-refractivity contribution in [3.8, 4) is 0 Å². The van der Waals surface area contributed by atoms with Gasteiger partial charge in [-0.25, -0.2) is 0 Å². The summed E-state index contributed by atoms with van der Waals surface area (Å²) in [6, 6.07) is -1.02. The van der Waals surface area contributed by atoms with E-state index >= 15 is 0 Å². The van der Waals surface area contributed by atoms with Crippen molar-refractivity contribution in [2.75, 3.05) is 13.2 Å². The van der Waals surface area contributed by atoms with Crippen LogP contribution in [0.5, 0.6) is 0 Å². The Kier molecular flexibility index (Phi) is 51.6. The molecule has 11 nitrogen and oxygen atoms in total. The molecule has 1 heterocycles. The van der Waals surface area contributed by atoms with Gasteiger partial charge in [0.05, 0.1) is 25.4 Å². The molecule has 0 saturated carbocycles. The van der Waals surface area contributed by atoms with Crippen LogP contribution in [-0.4, -0.2) is 99.6 Å². The van der Waals surface area contributed by atoms with Crippen molar-refractivity contribution in [1.29, 1.82) is 0 Å². The summed E-state index contributed by atoms with van der Waals surface area (Å²) in [5.41, 5.74) is 0. The monoisotopic (exact) mass is 1090 g/mol. The molecular formula is C66H123NO10. The van der Waals surface area contributed by atoms with Gasteiger partial charge in [-0.05, 0) is 57.8 Å². The summed E-state index contributed by atoms with van der Waals surface area (Å²) in [4.78, 5) is 26.5. The maximum atomic E-state index is 13.4. The number of unbranched alkanes of at least 4 members (excludes halogenated alkanes) is 38. The maximum absolute atomic E-state index is 13.4. The van der Waals surface area contributed by atoms with Crippen molar-refractivity contribution in [2.45, 2.75) is 359 Å². The Hall–Kier alpha value is -2.12. The SMILES string of the molecule is CCCCC/C=C\C/C=C\CCCCCCCCCCCCCCCCC(O)C(=O)NC(COC1OC(CO)C(O)C(O)C1OC(=O)CCCCCCCCCCCCC)C(O)/C=C/CCCCCCCCCCCCC. The molecule has 11 heteroatoms. The molecule has 0 radical (unpaired) electrons. The van der Waals surface area contributed by atoms with E-state index in [2.05, 4.69) is 50.4 Å². The zero-order valence-corrected chi connectivity index (χ0v) is 50.1. The van der Waals surface area contributed by atoms with Crippen LogP contribution in [0.25, 0.3) is 0 Å². The minimum atomic E-state index is -1.61. The summed E-state index contributed by atoms with van der Waals surface area (Å²) in [7, 11) is 0. The zero-order chi connectivity index (χ0) is 56.1. The van der Waals surface area contributed by atoms with Crippen molar-refractivity contribution in [1.82, 2.24) is 5.32 Å². The second-order valence-electron chi connectivity index (χ2n) is 22.9. The molecule has 8 atom stereocenters. The van der Waals surface area contributed by atoms with Crippen LogP contribution in [0, 0.1) is 0 Å². The summed E-state index contributed by atoms with van der Waals surface area (Å²) in [5.74, 6) is -1.18. The molecule has 1 saturated heterocycles. The predicted molar refractivity (Wildman–Crippen MR) is 320 cm³/mol. The van der Waals surface area contributed by atoms with E-state index in [9.17, 15) is 35.1 Å². The summed E-state index contributed by atoms with van der Waals surface area (Å²) in [6.07, 6.45) is 54.8. The first-order valence-corrected chi connectivity index (χ1v) is 32.8. The highest BCUT2D eigenvalue weighted by molar-refractivity contribution is 5.80. The van der Waals surface area contributed by atoms with Gasteiger partial charge < -0.3 is 45.1 Å². The first-order valence-electron chi connectivity index (χ1n) is 32.8. The molecule has 0 aromatic heterocycles. The molecule has 0 aliphatic carbocycles. The molecule has 0 bridgehead atoms. The van der Waals surface area contributed by atoms with Gasteiger partial charge in [0.2, 0.25) is 5.91 Å². The molecule has 77 heavy (non-hydrogen) atoms. The van der Waals surface area contributed by atoms with Gasteiger partial charge in [0, 0.05) is 6.42 Å². The number of amides is 1. The number of aliphatic hydroxyl groups is 5. The van der Waals surface area contributed by atoms with Gasteiger partial charge in [0.25, 0.3) is 0 Å². The topological polar surface area (TPSA) is 175 Å². The molecule has 0 aromatic rings. The largest absolute Gasteiger partial charge is 0.454 e. The number of hydrogen-bond donors (Lipinski definition) is 6. The van der Waals surface area contributed by atoms with E-state index in [4.69, 9.17) is 14.2 Å². The van der Waals surface area contributed by atoms with E-state index in [-0.39, 0.29) is 13.0 Å². The highest BCUT2D eigenvalue weighted by Crippen LogP contribution is 2.26. The van der Waals surface area contributed by atoms with Crippen molar-refractivity contribution < 1.29 is 49.3 Å². The van der Waals surface area contributed by atoms with Crippen LogP contribution >= 0.6 is 0 Å². The van der Waals surface area contributed by atoms with Crippen LogP contribution < -0.4 is 5.32 Å². The molecule has 0 spiro atoms. The zero-order valence-electron chi connectivity index (χ0n) is 50.1. The first-order chi connectivity index (χ1) is 37.7. The van der Waals surface area contributed by atoms with Crippen LogP contribution in [-0.2, 0) is 23.8 Å². The van der Waals surface area contributed by atoms with Crippen molar-refractivity contribution in [3.63, 3.8) is 0 Å². The minimum Gasteiger partial charge on any atom is -0.454 e. The minimum absolute atomic E-state index is 0.128. The molecule has 0 aromatic carbocycles. The molecule has 452 valence electrons. The summed E-state index contributed by atoms with van der Waals surface area (Å²) in [5, 5.41) is 57.0. The fraction of sp³-hybridized carbons (Fsp3) is 0.879. The standard InChI is InChI=1S/C66H123NO10/c1-4-7-10-13-16-19-22-24-25-26-27-28-29-30-31-32-33-34-36-39-41-44-47-50-53-59(70)65(74)67-57(58(69)52-49-46-43-40-38-35-23-20-17-14-11-8-5-2)56-75-66-64(63(73)62(72)60(55-68)76-66)77-61(71)54-51-48-45-42-37-21-18-15-12-9-6-3/h16,19,24-25,49,52,57-60,62-64,66,68-70,72-73H,4-15,17-18,20-23,26-48,50-51,53-56H2,1-3H3,(H,67,74)/b19-16-,25-24-,52-49+. The average molecular weight is 1090 g/mol. The van der Waals surface area contributed by atoms with E-state index in [1.807, 2.05) is 6.08 Å². The van der Waals surface area contributed by atoms with Gasteiger partial charge in [-0.1, -0.05) is 282 Å². The molecule has 1 fully saturated rings. The highest BCUT2D eigenvalue weighted by atomic mass is 16.7. The first kappa shape index (κ1) is 72.9. The molecule has 1 aliphatic rings. The van der Waals surface area contributed by atoms with Crippen molar-refractivity contribution >= 4 is 11.9 Å². The molecule has 8 unspecified atom stereocenters. The Morgan fingerprint density at radius 2 is 0.896 bits per heavy atom. The summed E-state index contributed by atoms with van der Waals surface area (Å²) < 4.78 is 17.6. The number of allylic oxidation sites excluding steroid dienone is 5. The van der Waals surface area contributed by atoms with Crippen LogP contribution in [0.15, 0.2) is 36.5 Å². The maximum Gasteiger partial charge on any atom is 0.306 e. The third-order valence-corrected chi connectivity index (χ3v) is 15.5. The third kappa shape index (κ3) is 42.4. The number of carbonyl (C=O) groups excluding carboxylic acids is 2. The van der Waals surface area contributed by atoms with E-state index in [0.717, 1.165) is 64.2 Å². The van der Waals surface area contributed by atoms with E-state index < -0.39 is 67.4 Å².